The van der Waals surface area contributed by atoms with Crippen LogP contribution in [0.3, 0.4) is 0 Å². The van der Waals surface area contributed by atoms with E-state index in [-0.39, 0.29) is 5.91 Å². The highest BCUT2D eigenvalue weighted by molar-refractivity contribution is 9.11. The van der Waals surface area contributed by atoms with Crippen molar-refractivity contribution in [2.24, 2.45) is 0 Å². The quantitative estimate of drug-likeness (QED) is 0.702. The Bertz CT molecular complexity index is 654. The number of benzene rings is 2. The fourth-order valence-electron chi connectivity index (χ4n) is 1.64. The van der Waals surface area contributed by atoms with Crippen molar-refractivity contribution in [3.8, 4) is 5.75 Å². The summed E-state index contributed by atoms with van der Waals surface area (Å²) < 4.78 is 7.13. The Balaban J connectivity index is 2.07. The van der Waals surface area contributed by atoms with Crippen molar-refractivity contribution < 1.29 is 9.53 Å². The third-order valence-corrected chi connectivity index (χ3v) is 3.81. The zero-order chi connectivity index (χ0) is 15.2. The Hall–Kier alpha value is -1.59. The maximum absolute atomic E-state index is 12.2. The van der Waals surface area contributed by atoms with E-state index in [1.807, 2.05) is 18.2 Å². The van der Waals surface area contributed by atoms with Gasteiger partial charge in [-0.15, -0.1) is 0 Å². The van der Waals surface area contributed by atoms with E-state index in [1.54, 1.807) is 30.3 Å². The molecular formula is C16H13Br2NO2. The molecule has 0 spiro atoms. The summed E-state index contributed by atoms with van der Waals surface area (Å²) in [5, 5.41) is 2.85. The molecule has 0 radical (unpaired) electrons. The summed E-state index contributed by atoms with van der Waals surface area (Å²) in [7, 11) is 0. The van der Waals surface area contributed by atoms with Crippen molar-refractivity contribution in [3.63, 3.8) is 0 Å². The second-order valence-corrected chi connectivity index (χ2v) is 5.97. The molecule has 0 atom stereocenters. The minimum Gasteiger partial charge on any atom is -0.490 e. The van der Waals surface area contributed by atoms with Crippen LogP contribution in [-0.2, 0) is 0 Å². The van der Waals surface area contributed by atoms with E-state index in [0.717, 1.165) is 14.6 Å². The van der Waals surface area contributed by atoms with Crippen LogP contribution in [0.25, 0.3) is 0 Å². The van der Waals surface area contributed by atoms with Gasteiger partial charge in [0.2, 0.25) is 0 Å². The molecule has 0 saturated carbocycles. The molecule has 0 unspecified atom stereocenters. The summed E-state index contributed by atoms with van der Waals surface area (Å²) in [5.41, 5.74) is 1.28. The van der Waals surface area contributed by atoms with Crippen LogP contribution in [0, 0.1) is 0 Å². The first kappa shape index (κ1) is 15.8. The van der Waals surface area contributed by atoms with Crippen molar-refractivity contribution in [2.45, 2.75) is 0 Å². The van der Waals surface area contributed by atoms with Crippen LogP contribution in [0.4, 0.5) is 5.69 Å². The van der Waals surface area contributed by atoms with Crippen LogP contribution >= 0.6 is 31.9 Å². The molecule has 0 aliphatic rings. The molecule has 2 aromatic carbocycles. The number of hydrogen-bond acceptors (Lipinski definition) is 2. The van der Waals surface area contributed by atoms with E-state index >= 15 is 0 Å². The molecule has 3 nitrogen and oxygen atoms in total. The van der Waals surface area contributed by atoms with Gasteiger partial charge in [0.05, 0.1) is 5.69 Å². The molecule has 0 saturated heterocycles. The highest BCUT2D eigenvalue weighted by Gasteiger charge is 2.08. The minimum absolute atomic E-state index is 0.173. The van der Waals surface area contributed by atoms with E-state index in [4.69, 9.17) is 4.74 Å². The standard InChI is InChI=1S/C16H13Br2NO2/c1-2-9-21-13-6-3-11(4-7-13)16(20)19-15-8-5-12(17)10-14(15)18/h2-8,10H,1,9H2,(H,19,20). The molecule has 108 valence electrons. The van der Waals surface area contributed by atoms with Crippen LogP contribution in [0.1, 0.15) is 10.4 Å². The summed E-state index contributed by atoms with van der Waals surface area (Å²) >= 11 is 6.79. The van der Waals surface area contributed by atoms with Gasteiger partial charge < -0.3 is 10.1 Å². The smallest absolute Gasteiger partial charge is 0.255 e. The highest BCUT2D eigenvalue weighted by atomic mass is 79.9. The number of nitrogens with one attached hydrogen (secondary N) is 1. The lowest BCUT2D eigenvalue weighted by Crippen LogP contribution is -2.12. The van der Waals surface area contributed by atoms with Gasteiger partial charge in [-0.25, -0.2) is 0 Å². The Kier molecular flexibility index (Phi) is 5.59. The van der Waals surface area contributed by atoms with Crippen LogP contribution in [0.15, 0.2) is 64.1 Å². The molecular weight excluding hydrogens is 398 g/mol. The molecule has 1 amide bonds. The predicted octanol–water partition coefficient (Wildman–Crippen LogP) is 5.03. The number of ether oxygens (including phenoxy) is 1. The van der Waals surface area contributed by atoms with Gasteiger partial charge >= 0.3 is 0 Å². The van der Waals surface area contributed by atoms with Crippen LogP contribution in [0.5, 0.6) is 5.75 Å². The van der Waals surface area contributed by atoms with Crippen LogP contribution in [-0.4, -0.2) is 12.5 Å². The van der Waals surface area contributed by atoms with Gasteiger partial charge in [-0.3, -0.25) is 4.79 Å². The van der Waals surface area contributed by atoms with Gasteiger partial charge in [0.15, 0.2) is 0 Å². The van der Waals surface area contributed by atoms with E-state index in [9.17, 15) is 4.79 Å². The summed E-state index contributed by atoms with van der Waals surface area (Å²) in [4.78, 5) is 12.2. The molecule has 21 heavy (non-hydrogen) atoms. The van der Waals surface area contributed by atoms with Crippen molar-refractivity contribution in [3.05, 3.63) is 69.6 Å². The lowest BCUT2D eigenvalue weighted by atomic mass is 10.2. The second kappa shape index (κ2) is 7.43. The number of hydrogen-bond donors (Lipinski definition) is 1. The first-order valence-electron chi connectivity index (χ1n) is 6.20. The fraction of sp³-hybridized carbons (Fsp3) is 0.0625. The molecule has 2 aromatic rings. The average molecular weight is 411 g/mol. The maximum Gasteiger partial charge on any atom is 0.255 e. The summed E-state index contributed by atoms with van der Waals surface area (Å²) in [6.07, 6.45) is 1.67. The van der Waals surface area contributed by atoms with Crippen molar-refractivity contribution in [1.82, 2.24) is 0 Å². The Morgan fingerprint density at radius 3 is 2.52 bits per heavy atom. The molecule has 0 bridgehead atoms. The molecule has 0 heterocycles. The maximum atomic E-state index is 12.2. The average Bonchev–Trinajstić information content (AvgIpc) is 2.48. The molecule has 0 fully saturated rings. The van der Waals surface area contributed by atoms with Crippen molar-refractivity contribution in [2.75, 3.05) is 11.9 Å². The fourth-order valence-corrected chi connectivity index (χ4v) is 2.79. The van der Waals surface area contributed by atoms with E-state index in [0.29, 0.717) is 17.9 Å². The normalized spacial score (nSPS) is 10.0. The minimum atomic E-state index is -0.173. The Morgan fingerprint density at radius 2 is 1.90 bits per heavy atom. The number of rotatable bonds is 5. The van der Waals surface area contributed by atoms with E-state index < -0.39 is 0 Å². The van der Waals surface area contributed by atoms with Gasteiger partial charge in [0, 0.05) is 14.5 Å². The number of carbonyl (C=O) groups is 1. The molecule has 0 aromatic heterocycles. The largest absolute Gasteiger partial charge is 0.490 e. The Morgan fingerprint density at radius 1 is 1.19 bits per heavy atom. The Labute approximate surface area is 140 Å². The van der Waals surface area contributed by atoms with Crippen molar-refractivity contribution in [1.29, 1.82) is 0 Å². The third-order valence-electron chi connectivity index (χ3n) is 2.66. The number of anilines is 1. The molecule has 1 N–H and O–H groups in total. The molecule has 5 heteroatoms. The molecule has 0 aliphatic carbocycles. The SMILES string of the molecule is C=CCOc1ccc(C(=O)Nc2ccc(Br)cc2Br)cc1. The van der Waals surface area contributed by atoms with Gasteiger partial charge in [-0.05, 0) is 58.4 Å². The lowest BCUT2D eigenvalue weighted by molar-refractivity contribution is 0.102. The number of halogens is 2. The van der Waals surface area contributed by atoms with Gasteiger partial charge in [0.25, 0.3) is 5.91 Å². The first-order chi connectivity index (χ1) is 10.1. The zero-order valence-corrected chi connectivity index (χ0v) is 14.3. The van der Waals surface area contributed by atoms with Gasteiger partial charge in [0.1, 0.15) is 12.4 Å². The lowest BCUT2D eigenvalue weighted by Gasteiger charge is -2.08. The van der Waals surface area contributed by atoms with Crippen LogP contribution < -0.4 is 10.1 Å². The second-order valence-electron chi connectivity index (χ2n) is 4.20. The van der Waals surface area contributed by atoms with Gasteiger partial charge in [-0.1, -0.05) is 28.6 Å². The molecule has 0 aliphatic heterocycles. The number of amides is 1. The molecule has 2 rings (SSSR count). The van der Waals surface area contributed by atoms with E-state index in [1.165, 1.54) is 0 Å². The van der Waals surface area contributed by atoms with E-state index in [2.05, 4.69) is 43.8 Å². The summed E-state index contributed by atoms with van der Waals surface area (Å²) in [5.74, 6) is 0.532. The monoisotopic (exact) mass is 409 g/mol. The van der Waals surface area contributed by atoms with Crippen LogP contribution in [0.2, 0.25) is 0 Å². The highest BCUT2D eigenvalue weighted by Crippen LogP contribution is 2.26. The predicted molar refractivity (Wildman–Crippen MR) is 91.9 cm³/mol. The number of carbonyl (C=O) groups excluding carboxylic acids is 1. The first-order valence-corrected chi connectivity index (χ1v) is 7.79. The zero-order valence-electron chi connectivity index (χ0n) is 11.1. The van der Waals surface area contributed by atoms with Crippen molar-refractivity contribution >= 4 is 43.5 Å². The topological polar surface area (TPSA) is 38.3 Å². The third kappa shape index (κ3) is 4.44. The summed E-state index contributed by atoms with van der Waals surface area (Å²) in [6, 6.07) is 12.5. The van der Waals surface area contributed by atoms with Gasteiger partial charge in [-0.2, -0.15) is 0 Å². The summed E-state index contributed by atoms with van der Waals surface area (Å²) in [6.45, 7) is 4.03.